The van der Waals surface area contributed by atoms with Gasteiger partial charge in [-0.25, -0.2) is 5.48 Å². The fourth-order valence-corrected chi connectivity index (χ4v) is 0.993. The van der Waals surface area contributed by atoms with Gasteiger partial charge in [0, 0.05) is 6.61 Å². The lowest BCUT2D eigenvalue weighted by Gasteiger charge is -2.08. The SMILES string of the molecule is CCONC(=O)C1CCCO1. The summed E-state index contributed by atoms with van der Waals surface area (Å²) in [5.41, 5.74) is 2.31. The molecule has 1 N–H and O–H groups in total. The summed E-state index contributed by atoms with van der Waals surface area (Å²) in [4.78, 5) is 15.8. The number of carbonyl (C=O) groups excluding carboxylic acids is 1. The van der Waals surface area contributed by atoms with E-state index in [1.807, 2.05) is 6.92 Å². The summed E-state index contributed by atoms with van der Waals surface area (Å²) >= 11 is 0. The van der Waals surface area contributed by atoms with E-state index >= 15 is 0 Å². The van der Waals surface area contributed by atoms with Crippen LogP contribution in [0.25, 0.3) is 0 Å². The van der Waals surface area contributed by atoms with Crippen LogP contribution >= 0.6 is 0 Å². The van der Waals surface area contributed by atoms with Gasteiger partial charge in [0.25, 0.3) is 5.91 Å². The molecule has 0 radical (unpaired) electrons. The molecule has 1 fully saturated rings. The van der Waals surface area contributed by atoms with Crippen molar-refractivity contribution in [2.45, 2.75) is 25.9 Å². The summed E-state index contributed by atoms with van der Waals surface area (Å²) in [6.07, 6.45) is 1.48. The van der Waals surface area contributed by atoms with E-state index < -0.39 is 0 Å². The minimum Gasteiger partial charge on any atom is -0.368 e. The molecule has 1 unspecified atom stereocenters. The predicted molar refractivity (Wildman–Crippen MR) is 38.7 cm³/mol. The van der Waals surface area contributed by atoms with Gasteiger partial charge in [0.15, 0.2) is 0 Å². The summed E-state index contributed by atoms with van der Waals surface area (Å²) in [5, 5.41) is 0. The second-order valence-electron chi connectivity index (χ2n) is 2.40. The van der Waals surface area contributed by atoms with E-state index in [4.69, 9.17) is 9.57 Å². The maximum Gasteiger partial charge on any atom is 0.272 e. The molecule has 1 aliphatic heterocycles. The lowest BCUT2D eigenvalue weighted by atomic mass is 10.2. The summed E-state index contributed by atoms with van der Waals surface area (Å²) in [7, 11) is 0. The Kier molecular flexibility index (Phi) is 3.32. The van der Waals surface area contributed by atoms with Gasteiger partial charge in [-0.2, -0.15) is 0 Å². The fourth-order valence-electron chi connectivity index (χ4n) is 0.993. The van der Waals surface area contributed by atoms with Gasteiger partial charge in [0.2, 0.25) is 0 Å². The molecule has 1 saturated heterocycles. The fraction of sp³-hybridized carbons (Fsp3) is 0.857. The normalized spacial score (nSPS) is 23.5. The van der Waals surface area contributed by atoms with Crippen molar-refractivity contribution in [3.05, 3.63) is 0 Å². The first-order valence-electron chi connectivity index (χ1n) is 3.88. The van der Waals surface area contributed by atoms with Crippen molar-refractivity contribution >= 4 is 5.91 Å². The molecule has 4 heteroatoms. The van der Waals surface area contributed by atoms with Gasteiger partial charge < -0.3 is 4.74 Å². The van der Waals surface area contributed by atoms with Gasteiger partial charge >= 0.3 is 0 Å². The van der Waals surface area contributed by atoms with Crippen molar-refractivity contribution < 1.29 is 14.4 Å². The number of rotatable bonds is 3. The van der Waals surface area contributed by atoms with Crippen molar-refractivity contribution in [2.75, 3.05) is 13.2 Å². The second-order valence-corrected chi connectivity index (χ2v) is 2.40. The zero-order chi connectivity index (χ0) is 8.10. The molecular weight excluding hydrogens is 146 g/mol. The minimum absolute atomic E-state index is 0.163. The average molecular weight is 159 g/mol. The van der Waals surface area contributed by atoms with Crippen LogP contribution < -0.4 is 5.48 Å². The van der Waals surface area contributed by atoms with Crippen LogP contribution in [-0.2, 0) is 14.4 Å². The Hall–Kier alpha value is -0.610. The molecule has 0 aliphatic carbocycles. The van der Waals surface area contributed by atoms with E-state index in [1.54, 1.807) is 0 Å². The van der Waals surface area contributed by atoms with Crippen LogP contribution in [0.2, 0.25) is 0 Å². The van der Waals surface area contributed by atoms with Gasteiger partial charge in [-0.05, 0) is 19.8 Å². The Bertz CT molecular complexity index is 132. The van der Waals surface area contributed by atoms with Crippen molar-refractivity contribution in [3.8, 4) is 0 Å². The zero-order valence-electron chi connectivity index (χ0n) is 6.63. The first kappa shape index (κ1) is 8.49. The molecular formula is C7H13NO3. The third-order valence-electron chi connectivity index (χ3n) is 1.54. The maximum absolute atomic E-state index is 11.0. The molecule has 1 atom stereocenters. The van der Waals surface area contributed by atoms with Crippen LogP contribution in [0.15, 0.2) is 0 Å². The molecule has 0 aromatic carbocycles. The Morgan fingerprint density at radius 2 is 2.64 bits per heavy atom. The van der Waals surface area contributed by atoms with E-state index in [1.165, 1.54) is 0 Å². The van der Waals surface area contributed by atoms with Crippen LogP contribution in [0.5, 0.6) is 0 Å². The smallest absolute Gasteiger partial charge is 0.272 e. The van der Waals surface area contributed by atoms with Gasteiger partial charge in [0.1, 0.15) is 6.10 Å². The molecule has 64 valence electrons. The highest BCUT2D eigenvalue weighted by molar-refractivity contribution is 5.79. The van der Waals surface area contributed by atoms with Gasteiger partial charge in [-0.3, -0.25) is 9.63 Å². The molecule has 0 aromatic rings. The molecule has 0 saturated carbocycles. The molecule has 1 rings (SSSR count). The Morgan fingerprint density at radius 3 is 3.18 bits per heavy atom. The number of hydroxylamine groups is 1. The number of hydrogen-bond donors (Lipinski definition) is 1. The highest BCUT2D eigenvalue weighted by Gasteiger charge is 2.23. The first-order chi connectivity index (χ1) is 5.34. The quantitative estimate of drug-likeness (QED) is 0.600. The monoisotopic (exact) mass is 159 g/mol. The third-order valence-corrected chi connectivity index (χ3v) is 1.54. The molecule has 1 aliphatic rings. The summed E-state index contributed by atoms with van der Waals surface area (Å²) in [5.74, 6) is -0.163. The second kappa shape index (κ2) is 4.31. The van der Waals surface area contributed by atoms with Crippen LogP contribution in [0.4, 0.5) is 0 Å². The standard InChI is InChI=1S/C7H13NO3/c1-2-11-8-7(9)6-4-3-5-10-6/h6H,2-5H2,1H3,(H,8,9). The van der Waals surface area contributed by atoms with E-state index in [9.17, 15) is 4.79 Å². The van der Waals surface area contributed by atoms with E-state index in [0.717, 1.165) is 12.8 Å². The Morgan fingerprint density at radius 1 is 1.82 bits per heavy atom. The number of ether oxygens (including phenoxy) is 1. The molecule has 11 heavy (non-hydrogen) atoms. The molecule has 0 spiro atoms. The van der Waals surface area contributed by atoms with E-state index in [2.05, 4.69) is 5.48 Å². The lowest BCUT2D eigenvalue weighted by molar-refractivity contribution is -0.142. The van der Waals surface area contributed by atoms with Crippen LogP contribution in [0.1, 0.15) is 19.8 Å². The van der Waals surface area contributed by atoms with Crippen molar-refractivity contribution in [3.63, 3.8) is 0 Å². The Balaban J connectivity index is 2.17. The van der Waals surface area contributed by atoms with E-state index in [-0.39, 0.29) is 12.0 Å². The van der Waals surface area contributed by atoms with E-state index in [0.29, 0.717) is 13.2 Å². The summed E-state index contributed by atoms with van der Waals surface area (Å²) in [6, 6.07) is 0. The van der Waals surface area contributed by atoms with Gasteiger partial charge in [-0.15, -0.1) is 0 Å². The van der Waals surface area contributed by atoms with Crippen molar-refractivity contribution in [1.29, 1.82) is 0 Å². The lowest BCUT2D eigenvalue weighted by Crippen LogP contribution is -2.34. The average Bonchev–Trinajstić information content (AvgIpc) is 2.52. The van der Waals surface area contributed by atoms with Gasteiger partial charge in [-0.1, -0.05) is 0 Å². The first-order valence-corrected chi connectivity index (χ1v) is 3.88. The minimum atomic E-state index is -0.290. The van der Waals surface area contributed by atoms with Crippen LogP contribution in [0.3, 0.4) is 0 Å². The topological polar surface area (TPSA) is 47.6 Å². The van der Waals surface area contributed by atoms with Crippen molar-refractivity contribution in [2.24, 2.45) is 0 Å². The zero-order valence-corrected chi connectivity index (χ0v) is 6.63. The maximum atomic E-state index is 11.0. The Labute approximate surface area is 65.8 Å². The molecule has 1 heterocycles. The molecule has 1 amide bonds. The number of amides is 1. The van der Waals surface area contributed by atoms with Crippen LogP contribution in [0, 0.1) is 0 Å². The van der Waals surface area contributed by atoms with Crippen molar-refractivity contribution in [1.82, 2.24) is 5.48 Å². The predicted octanol–water partition coefficient (Wildman–Crippen LogP) is 0.233. The summed E-state index contributed by atoms with van der Waals surface area (Å²) in [6.45, 7) is 2.98. The largest absolute Gasteiger partial charge is 0.368 e. The van der Waals surface area contributed by atoms with Gasteiger partial charge in [0.05, 0.1) is 6.61 Å². The number of hydrogen-bond acceptors (Lipinski definition) is 3. The number of carbonyl (C=O) groups is 1. The summed E-state index contributed by atoms with van der Waals surface area (Å²) < 4.78 is 5.12. The molecule has 4 nitrogen and oxygen atoms in total. The third kappa shape index (κ3) is 2.48. The highest BCUT2D eigenvalue weighted by atomic mass is 16.7. The molecule has 0 aromatic heterocycles. The number of nitrogens with one attached hydrogen (secondary N) is 1. The highest BCUT2D eigenvalue weighted by Crippen LogP contribution is 2.11. The van der Waals surface area contributed by atoms with Crippen LogP contribution in [-0.4, -0.2) is 25.2 Å². The molecule has 0 bridgehead atoms.